The Balaban J connectivity index is 1.56. The first-order valence-electron chi connectivity index (χ1n) is 7.10. The summed E-state index contributed by atoms with van der Waals surface area (Å²) in [5.41, 5.74) is 1.20. The molecule has 1 heterocycles. The maximum absolute atomic E-state index is 5.71. The third-order valence-electron chi connectivity index (χ3n) is 3.26. The Kier molecular flexibility index (Phi) is 3.97. The van der Waals surface area contributed by atoms with Crippen LogP contribution >= 0.6 is 0 Å². The van der Waals surface area contributed by atoms with Gasteiger partial charge in [0, 0.05) is 12.5 Å². The van der Waals surface area contributed by atoms with Crippen LogP contribution in [-0.2, 0) is 13.2 Å². The molecule has 0 atom stereocenters. The fraction of sp³-hybridized carbons (Fsp3) is 0.467. The van der Waals surface area contributed by atoms with Gasteiger partial charge in [0.2, 0.25) is 11.7 Å². The molecule has 0 spiro atoms. The number of nitrogens with one attached hydrogen (secondary N) is 1. The van der Waals surface area contributed by atoms with Crippen molar-refractivity contribution in [1.82, 2.24) is 15.5 Å². The van der Waals surface area contributed by atoms with Crippen LogP contribution in [0.3, 0.4) is 0 Å². The van der Waals surface area contributed by atoms with E-state index in [0.29, 0.717) is 18.3 Å². The molecule has 0 radical (unpaired) electrons. The lowest BCUT2D eigenvalue weighted by atomic mass is 10.2. The van der Waals surface area contributed by atoms with Gasteiger partial charge < -0.3 is 14.6 Å². The smallest absolute Gasteiger partial charge is 0.229 e. The van der Waals surface area contributed by atoms with E-state index in [1.54, 1.807) is 0 Å². The molecule has 1 fully saturated rings. The Morgan fingerprint density at radius 1 is 1.40 bits per heavy atom. The van der Waals surface area contributed by atoms with E-state index in [2.05, 4.69) is 28.4 Å². The monoisotopic (exact) mass is 273 g/mol. The molecular formula is C15H19N3O2. The minimum absolute atomic E-state index is 0.348. The Morgan fingerprint density at radius 3 is 3.10 bits per heavy atom. The normalized spacial score (nSPS) is 14.4. The molecule has 5 nitrogen and oxygen atoms in total. The highest BCUT2D eigenvalue weighted by Gasteiger charge is 2.29. The highest BCUT2D eigenvalue weighted by Crippen LogP contribution is 2.38. The number of hydrogen-bond acceptors (Lipinski definition) is 5. The summed E-state index contributed by atoms with van der Waals surface area (Å²) in [6.07, 6.45) is 2.32. The topological polar surface area (TPSA) is 60.2 Å². The van der Waals surface area contributed by atoms with Crippen molar-refractivity contribution in [3.05, 3.63) is 41.5 Å². The quantitative estimate of drug-likeness (QED) is 0.840. The van der Waals surface area contributed by atoms with E-state index in [4.69, 9.17) is 9.26 Å². The van der Waals surface area contributed by atoms with E-state index < -0.39 is 0 Å². The SMILES string of the molecule is CCNCc1cccc(OCc2noc(C3CC3)n2)c1. The van der Waals surface area contributed by atoms with Crippen molar-refractivity contribution >= 4 is 0 Å². The fourth-order valence-electron chi connectivity index (χ4n) is 1.98. The van der Waals surface area contributed by atoms with Crippen molar-refractivity contribution in [2.24, 2.45) is 0 Å². The number of benzene rings is 1. The van der Waals surface area contributed by atoms with Crippen molar-refractivity contribution in [2.45, 2.75) is 38.8 Å². The summed E-state index contributed by atoms with van der Waals surface area (Å²) in [5, 5.41) is 7.23. The molecule has 1 aliphatic rings. The van der Waals surface area contributed by atoms with Crippen molar-refractivity contribution < 1.29 is 9.26 Å². The van der Waals surface area contributed by atoms with Crippen molar-refractivity contribution in [3.63, 3.8) is 0 Å². The third kappa shape index (κ3) is 3.36. The summed E-state index contributed by atoms with van der Waals surface area (Å²) in [6.45, 7) is 4.24. The lowest BCUT2D eigenvalue weighted by Gasteiger charge is -2.06. The molecule has 5 heteroatoms. The summed E-state index contributed by atoms with van der Waals surface area (Å²) in [6, 6.07) is 8.05. The molecule has 0 unspecified atom stereocenters. The van der Waals surface area contributed by atoms with Crippen LogP contribution in [0.5, 0.6) is 5.75 Å². The molecule has 1 N–H and O–H groups in total. The second-order valence-corrected chi connectivity index (χ2v) is 5.04. The Hall–Kier alpha value is -1.88. The first-order chi connectivity index (χ1) is 9.85. The van der Waals surface area contributed by atoms with Crippen LogP contribution in [-0.4, -0.2) is 16.7 Å². The molecule has 0 saturated heterocycles. The minimum Gasteiger partial charge on any atom is -0.485 e. The maximum Gasteiger partial charge on any atom is 0.229 e. The van der Waals surface area contributed by atoms with Crippen molar-refractivity contribution in [3.8, 4) is 5.75 Å². The zero-order valence-corrected chi connectivity index (χ0v) is 11.6. The molecule has 1 aromatic carbocycles. The largest absolute Gasteiger partial charge is 0.485 e. The first-order valence-corrected chi connectivity index (χ1v) is 7.10. The Morgan fingerprint density at radius 2 is 2.30 bits per heavy atom. The van der Waals surface area contributed by atoms with Gasteiger partial charge in [-0.15, -0.1) is 0 Å². The molecule has 0 aliphatic heterocycles. The van der Waals surface area contributed by atoms with Gasteiger partial charge in [-0.1, -0.05) is 24.2 Å². The predicted molar refractivity (Wildman–Crippen MR) is 74.4 cm³/mol. The van der Waals surface area contributed by atoms with Gasteiger partial charge in [0.1, 0.15) is 5.75 Å². The van der Waals surface area contributed by atoms with Crippen LogP contribution in [0.1, 0.15) is 43.0 Å². The number of aromatic nitrogens is 2. The molecular weight excluding hydrogens is 254 g/mol. The van der Waals surface area contributed by atoms with Gasteiger partial charge in [0.25, 0.3) is 0 Å². The molecule has 1 saturated carbocycles. The Labute approximate surface area is 118 Å². The van der Waals surface area contributed by atoms with Gasteiger partial charge in [-0.2, -0.15) is 4.98 Å². The van der Waals surface area contributed by atoms with Crippen LogP contribution in [0.4, 0.5) is 0 Å². The fourth-order valence-corrected chi connectivity index (χ4v) is 1.98. The van der Waals surface area contributed by atoms with Crippen LogP contribution < -0.4 is 10.1 Å². The van der Waals surface area contributed by atoms with Gasteiger partial charge in [-0.05, 0) is 37.1 Å². The lowest BCUT2D eigenvalue weighted by Crippen LogP contribution is -2.11. The maximum atomic E-state index is 5.71. The van der Waals surface area contributed by atoms with E-state index in [0.717, 1.165) is 37.6 Å². The zero-order chi connectivity index (χ0) is 13.8. The average Bonchev–Trinajstić information content (AvgIpc) is 3.22. The van der Waals surface area contributed by atoms with Gasteiger partial charge in [-0.3, -0.25) is 0 Å². The van der Waals surface area contributed by atoms with E-state index in [1.165, 1.54) is 5.56 Å². The van der Waals surface area contributed by atoms with Crippen LogP contribution in [0.2, 0.25) is 0 Å². The van der Waals surface area contributed by atoms with Crippen LogP contribution in [0, 0.1) is 0 Å². The molecule has 1 aliphatic carbocycles. The van der Waals surface area contributed by atoms with Gasteiger partial charge in [-0.25, -0.2) is 0 Å². The molecule has 3 rings (SSSR count). The highest BCUT2D eigenvalue weighted by molar-refractivity contribution is 5.28. The van der Waals surface area contributed by atoms with Gasteiger partial charge >= 0.3 is 0 Å². The molecule has 106 valence electrons. The molecule has 2 aromatic rings. The molecule has 20 heavy (non-hydrogen) atoms. The number of ether oxygens (including phenoxy) is 1. The number of nitrogens with zero attached hydrogens (tertiary/aromatic N) is 2. The number of rotatable bonds is 7. The second-order valence-electron chi connectivity index (χ2n) is 5.04. The Bertz CT molecular complexity index is 564. The van der Waals surface area contributed by atoms with Gasteiger partial charge in [0.05, 0.1) is 0 Å². The summed E-state index contributed by atoms with van der Waals surface area (Å²) in [4.78, 5) is 4.34. The van der Waals surface area contributed by atoms with Crippen molar-refractivity contribution in [2.75, 3.05) is 6.54 Å². The highest BCUT2D eigenvalue weighted by atomic mass is 16.5. The lowest BCUT2D eigenvalue weighted by molar-refractivity contribution is 0.285. The summed E-state index contributed by atoms with van der Waals surface area (Å²) in [7, 11) is 0. The molecule has 0 bridgehead atoms. The minimum atomic E-state index is 0.348. The molecule has 1 aromatic heterocycles. The second kappa shape index (κ2) is 6.05. The predicted octanol–water partition coefficient (Wildman–Crippen LogP) is 2.64. The van der Waals surface area contributed by atoms with E-state index in [9.17, 15) is 0 Å². The summed E-state index contributed by atoms with van der Waals surface area (Å²) >= 11 is 0. The number of hydrogen-bond donors (Lipinski definition) is 1. The van der Waals surface area contributed by atoms with E-state index in [-0.39, 0.29) is 0 Å². The van der Waals surface area contributed by atoms with Crippen LogP contribution in [0.25, 0.3) is 0 Å². The average molecular weight is 273 g/mol. The van der Waals surface area contributed by atoms with Gasteiger partial charge in [0.15, 0.2) is 6.61 Å². The van der Waals surface area contributed by atoms with E-state index >= 15 is 0 Å². The van der Waals surface area contributed by atoms with Crippen LogP contribution in [0.15, 0.2) is 28.8 Å². The summed E-state index contributed by atoms with van der Waals surface area (Å²) in [5.74, 6) is 2.69. The zero-order valence-electron chi connectivity index (χ0n) is 11.6. The first kappa shape index (κ1) is 13.1. The third-order valence-corrected chi connectivity index (χ3v) is 3.26. The standard InChI is InChI=1S/C15H19N3O2/c1-2-16-9-11-4-3-5-13(8-11)19-10-14-17-15(20-18-14)12-6-7-12/h3-5,8,12,16H,2,6-7,9-10H2,1H3. The van der Waals surface area contributed by atoms with Crippen molar-refractivity contribution in [1.29, 1.82) is 0 Å². The molecule has 0 amide bonds. The summed E-state index contributed by atoms with van der Waals surface area (Å²) < 4.78 is 10.9. The van der Waals surface area contributed by atoms with E-state index in [1.807, 2.05) is 18.2 Å².